The van der Waals surface area contributed by atoms with E-state index in [9.17, 15) is 4.79 Å². The highest BCUT2D eigenvalue weighted by Crippen LogP contribution is 2.61. The lowest BCUT2D eigenvalue weighted by Crippen LogP contribution is -2.47. The fourth-order valence-electron chi connectivity index (χ4n) is 6.10. The van der Waals surface area contributed by atoms with E-state index in [0.717, 1.165) is 36.4 Å². The Hall–Kier alpha value is -1.61. The first-order valence-electron chi connectivity index (χ1n) is 9.81. The van der Waals surface area contributed by atoms with Crippen LogP contribution in [0.15, 0.2) is 30.3 Å². The van der Waals surface area contributed by atoms with E-state index in [-0.39, 0.29) is 0 Å². The lowest BCUT2D eigenvalue weighted by atomic mass is 9.49. The molecule has 25 heavy (non-hydrogen) atoms. The van der Waals surface area contributed by atoms with Gasteiger partial charge in [-0.05, 0) is 91.9 Å². The van der Waals surface area contributed by atoms with Gasteiger partial charge in [-0.1, -0.05) is 24.3 Å². The van der Waals surface area contributed by atoms with Gasteiger partial charge in [0.05, 0.1) is 0 Å². The summed E-state index contributed by atoms with van der Waals surface area (Å²) in [4.78, 5) is 10.5. The van der Waals surface area contributed by atoms with Gasteiger partial charge in [-0.15, -0.1) is 0 Å². The van der Waals surface area contributed by atoms with E-state index in [1.54, 1.807) is 6.08 Å². The smallest absolute Gasteiger partial charge is 0.328 e. The zero-order chi connectivity index (χ0) is 17.3. The molecule has 0 atom stereocenters. The van der Waals surface area contributed by atoms with E-state index in [1.165, 1.54) is 56.6 Å². The van der Waals surface area contributed by atoms with Crippen LogP contribution in [-0.2, 0) is 11.3 Å². The van der Waals surface area contributed by atoms with Crippen LogP contribution < -0.4 is 5.32 Å². The minimum atomic E-state index is -0.907. The quantitative estimate of drug-likeness (QED) is 0.569. The summed E-state index contributed by atoms with van der Waals surface area (Å²) in [5.74, 6) is 2.21. The Morgan fingerprint density at radius 3 is 2.24 bits per heavy atom. The number of aliphatic carboxylic acids is 1. The molecule has 2 N–H and O–H groups in total. The van der Waals surface area contributed by atoms with Gasteiger partial charge in [0, 0.05) is 12.6 Å². The Bertz CT molecular complexity index is 611. The first-order valence-corrected chi connectivity index (χ1v) is 9.81. The normalized spacial score (nSPS) is 33.2. The largest absolute Gasteiger partial charge is 0.478 e. The van der Waals surface area contributed by atoms with Crippen molar-refractivity contribution in [2.24, 2.45) is 23.2 Å². The van der Waals surface area contributed by atoms with Gasteiger partial charge in [-0.25, -0.2) is 4.79 Å². The second-order valence-electron chi connectivity index (χ2n) is 8.76. The minimum Gasteiger partial charge on any atom is -0.478 e. The average molecular weight is 339 g/mol. The monoisotopic (exact) mass is 339 g/mol. The van der Waals surface area contributed by atoms with Gasteiger partial charge >= 0.3 is 5.97 Å². The molecule has 3 nitrogen and oxygen atoms in total. The summed E-state index contributed by atoms with van der Waals surface area (Å²) in [6, 6.07) is 8.13. The van der Waals surface area contributed by atoms with E-state index in [4.69, 9.17) is 5.11 Å². The van der Waals surface area contributed by atoms with Crippen molar-refractivity contribution in [3.8, 4) is 0 Å². The maximum atomic E-state index is 10.5. The highest BCUT2D eigenvalue weighted by Gasteiger charge is 2.50. The molecule has 0 radical (unpaired) electrons. The Kier molecular flexibility index (Phi) is 4.68. The predicted molar refractivity (Wildman–Crippen MR) is 100 cm³/mol. The number of hydrogen-bond donors (Lipinski definition) is 2. The maximum absolute atomic E-state index is 10.5. The van der Waals surface area contributed by atoms with Crippen LogP contribution in [-0.4, -0.2) is 17.6 Å². The molecule has 0 aliphatic heterocycles. The number of carboxylic acids is 1. The summed E-state index contributed by atoms with van der Waals surface area (Å²) in [6.45, 7) is 2.02. The number of carboxylic acid groups (broad SMARTS) is 1. The zero-order valence-electron chi connectivity index (χ0n) is 14.9. The minimum absolute atomic E-state index is 0.660. The molecule has 0 unspecified atom stereocenters. The van der Waals surface area contributed by atoms with Crippen molar-refractivity contribution in [2.45, 2.75) is 51.5 Å². The number of hydrogen-bond acceptors (Lipinski definition) is 2. The van der Waals surface area contributed by atoms with Crippen molar-refractivity contribution in [3.05, 3.63) is 41.5 Å². The van der Waals surface area contributed by atoms with E-state index >= 15 is 0 Å². The summed E-state index contributed by atoms with van der Waals surface area (Å²) < 4.78 is 0. The molecule has 134 valence electrons. The van der Waals surface area contributed by atoms with E-state index in [1.807, 2.05) is 12.1 Å². The maximum Gasteiger partial charge on any atom is 0.328 e. The van der Waals surface area contributed by atoms with Crippen LogP contribution in [0, 0.1) is 23.2 Å². The Morgan fingerprint density at radius 1 is 1.08 bits per heavy atom. The van der Waals surface area contributed by atoms with E-state index < -0.39 is 5.97 Å². The fourth-order valence-corrected chi connectivity index (χ4v) is 6.10. The molecular weight excluding hydrogens is 310 g/mol. The van der Waals surface area contributed by atoms with Crippen molar-refractivity contribution in [1.29, 1.82) is 0 Å². The average Bonchev–Trinajstić information content (AvgIpc) is 2.57. The SMILES string of the molecule is O=C(O)/C=C/c1ccc(CNCCC23CC4CC(CC(C4)C2)C3)cc1. The van der Waals surface area contributed by atoms with Crippen LogP contribution in [0.25, 0.3) is 6.08 Å². The van der Waals surface area contributed by atoms with Crippen LogP contribution in [0.1, 0.15) is 56.1 Å². The number of rotatable bonds is 7. The summed E-state index contributed by atoms with van der Waals surface area (Å²) in [5, 5.41) is 12.3. The van der Waals surface area contributed by atoms with Crippen molar-refractivity contribution < 1.29 is 9.90 Å². The molecule has 4 aliphatic rings. The Labute approximate surface area is 150 Å². The molecular formula is C22H29NO2. The third kappa shape index (κ3) is 3.98. The van der Waals surface area contributed by atoms with Crippen LogP contribution in [0.3, 0.4) is 0 Å². The second kappa shape index (κ2) is 6.95. The van der Waals surface area contributed by atoms with Crippen molar-refractivity contribution in [3.63, 3.8) is 0 Å². The zero-order valence-corrected chi connectivity index (χ0v) is 14.9. The molecule has 4 aliphatic carbocycles. The topological polar surface area (TPSA) is 49.3 Å². The van der Waals surface area contributed by atoms with E-state index in [0.29, 0.717) is 5.41 Å². The van der Waals surface area contributed by atoms with Crippen LogP contribution in [0.2, 0.25) is 0 Å². The predicted octanol–water partition coefficient (Wildman–Crippen LogP) is 4.48. The van der Waals surface area contributed by atoms with Crippen molar-refractivity contribution >= 4 is 12.0 Å². The molecule has 0 saturated heterocycles. The standard InChI is InChI=1S/C22H29NO2/c24-21(25)6-5-16-1-3-17(4-2-16)15-23-8-7-22-12-18-9-19(13-22)11-20(10-18)14-22/h1-6,18-20,23H,7-15H2,(H,24,25)/b6-5+. The van der Waals surface area contributed by atoms with Crippen LogP contribution in [0.5, 0.6) is 0 Å². The molecule has 0 spiro atoms. The molecule has 3 heteroatoms. The lowest BCUT2D eigenvalue weighted by molar-refractivity contribution is -0.131. The molecule has 1 aromatic carbocycles. The molecule has 4 fully saturated rings. The van der Waals surface area contributed by atoms with Gasteiger partial charge in [0.1, 0.15) is 0 Å². The van der Waals surface area contributed by atoms with Gasteiger partial charge in [-0.2, -0.15) is 0 Å². The van der Waals surface area contributed by atoms with Gasteiger partial charge in [0.25, 0.3) is 0 Å². The number of benzene rings is 1. The first-order chi connectivity index (χ1) is 12.1. The Balaban J connectivity index is 1.24. The molecule has 0 amide bonds. The third-order valence-electron chi connectivity index (χ3n) is 6.72. The Morgan fingerprint density at radius 2 is 1.68 bits per heavy atom. The highest BCUT2D eigenvalue weighted by molar-refractivity contribution is 5.85. The van der Waals surface area contributed by atoms with Gasteiger partial charge in [-0.3, -0.25) is 0 Å². The van der Waals surface area contributed by atoms with Crippen LogP contribution in [0.4, 0.5) is 0 Å². The lowest BCUT2D eigenvalue weighted by Gasteiger charge is -2.57. The molecule has 5 rings (SSSR count). The third-order valence-corrected chi connectivity index (χ3v) is 6.72. The fraction of sp³-hybridized carbons (Fsp3) is 0.591. The number of nitrogens with one attached hydrogen (secondary N) is 1. The summed E-state index contributed by atoms with van der Waals surface area (Å²) >= 11 is 0. The second-order valence-corrected chi connectivity index (χ2v) is 8.76. The summed E-state index contributed by atoms with van der Waals surface area (Å²) in [7, 11) is 0. The number of carbonyl (C=O) groups is 1. The highest BCUT2D eigenvalue weighted by atomic mass is 16.4. The summed E-state index contributed by atoms with van der Waals surface area (Å²) in [6.07, 6.45) is 13.2. The molecule has 0 heterocycles. The van der Waals surface area contributed by atoms with Crippen molar-refractivity contribution in [1.82, 2.24) is 5.32 Å². The van der Waals surface area contributed by atoms with Crippen LogP contribution >= 0.6 is 0 Å². The molecule has 0 aromatic heterocycles. The molecule has 4 bridgehead atoms. The first kappa shape index (κ1) is 16.8. The van der Waals surface area contributed by atoms with Gasteiger partial charge in [0.2, 0.25) is 0 Å². The molecule has 1 aromatic rings. The van der Waals surface area contributed by atoms with E-state index in [2.05, 4.69) is 17.4 Å². The van der Waals surface area contributed by atoms with Gasteiger partial charge < -0.3 is 10.4 Å². The molecule has 4 saturated carbocycles. The summed E-state index contributed by atoms with van der Waals surface area (Å²) in [5.41, 5.74) is 2.85. The van der Waals surface area contributed by atoms with Gasteiger partial charge in [0.15, 0.2) is 0 Å². The van der Waals surface area contributed by atoms with Crippen molar-refractivity contribution in [2.75, 3.05) is 6.54 Å².